The number of aromatic hydroxyl groups is 1. The molecule has 2 heterocycles. The molecule has 1 fully saturated rings. The van der Waals surface area contributed by atoms with E-state index in [0.29, 0.717) is 5.39 Å². The number of phenolic OH excluding ortho intramolecular Hbond substituents is 1. The van der Waals surface area contributed by atoms with E-state index in [2.05, 4.69) is 5.32 Å². The van der Waals surface area contributed by atoms with Crippen LogP contribution in [0.2, 0.25) is 0 Å². The Labute approximate surface area is 188 Å². The minimum absolute atomic E-state index is 0.0922. The number of fused-ring (bicyclic) bond motifs is 1. The van der Waals surface area contributed by atoms with E-state index < -0.39 is 60.2 Å². The standard InChI is InChI=1S/C22H27NO10/c1-10(24)23-16-18(27)17(26)15(9-30-21(29)22(2,3)4)33-20(16)32-14-7-11-5-6-12(25)8-13(11)31-19(14)28/h5-8,15-18,20,25-27H,9H2,1-4H3,(H,23,24)/t15-,16-,17-,18-,20?/m1/s1. The average molecular weight is 465 g/mol. The summed E-state index contributed by atoms with van der Waals surface area (Å²) < 4.78 is 21.7. The van der Waals surface area contributed by atoms with Crippen LogP contribution in [-0.4, -0.2) is 64.4 Å². The first-order valence-electron chi connectivity index (χ1n) is 10.3. The molecule has 2 aromatic rings. The Morgan fingerprint density at radius 3 is 2.48 bits per heavy atom. The van der Waals surface area contributed by atoms with E-state index in [1.54, 1.807) is 20.8 Å². The summed E-state index contributed by atoms with van der Waals surface area (Å²) in [6, 6.07) is 4.25. The third-order valence-electron chi connectivity index (χ3n) is 4.99. The summed E-state index contributed by atoms with van der Waals surface area (Å²) in [5, 5.41) is 33.5. The molecule has 11 nitrogen and oxygen atoms in total. The van der Waals surface area contributed by atoms with E-state index in [4.69, 9.17) is 18.6 Å². The van der Waals surface area contributed by atoms with E-state index in [1.807, 2.05) is 0 Å². The van der Waals surface area contributed by atoms with Crippen LogP contribution in [-0.2, 0) is 19.1 Å². The number of aliphatic hydroxyl groups is 2. The topological polar surface area (TPSA) is 165 Å². The van der Waals surface area contributed by atoms with Gasteiger partial charge in [0.05, 0.1) is 5.41 Å². The third kappa shape index (κ3) is 5.62. The second kappa shape index (κ2) is 9.38. The molecule has 11 heteroatoms. The number of amides is 1. The Kier molecular flexibility index (Phi) is 6.96. The van der Waals surface area contributed by atoms with Crippen molar-refractivity contribution in [2.45, 2.75) is 58.3 Å². The van der Waals surface area contributed by atoms with Crippen LogP contribution in [0.5, 0.6) is 11.5 Å². The summed E-state index contributed by atoms with van der Waals surface area (Å²) in [7, 11) is 0. The smallest absolute Gasteiger partial charge is 0.379 e. The fourth-order valence-corrected chi connectivity index (χ4v) is 3.22. The predicted molar refractivity (Wildman–Crippen MR) is 113 cm³/mol. The highest BCUT2D eigenvalue weighted by molar-refractivity contribution is 5.79. The number of esters is 1. The summed E-state index contributed by atoms with van der Waals surface area (Å²) in [6.45, 7) is 5.76. The van der Waals surface area contributed by atoms with Gasteiger partial charge in [0, 0.05) is 18.4 Å². The first-order valence-corrected chi connectivity index (χ1v) is 10.3. The van der Waals surface area contributed by atoms with E-state index in [0.717, 1.165) is 0 Å². The molecule has 1 aliphatic rings. The highest BCUT2D eigenvalue weighted by Crippen LogP contribution is 2.27. The number of phenols is 1. The van der Waals surface area contributed by atoms with Crippen LogP contribution in [0, 0.1) is 5.41 Å². The molecule has 1 saturated heterocycles. The van der Waals surface area contributed by atoms with Gasteiger partial charge in [0.1, 0.15) is 42.3 Å². The first-order chi connectivity index (χ1) is 15.4. The predicted octanol–water partition coefficient (Wildman–Crippen LogP) is 0.418. The fourth-order valence-electron chi connectivity index (χ4n) is 3.22. The molecule has 0 aliphatic carbocycles. The summed E-state index contributed by atoms with van der Waals surface area (Å²) in [5.74, 6) is -1.47. The molecule has 33 heavy (non-hydrogen) atoms. The molecule has 0 spiro atoms. The van der Waals surface area contributed by atoms with Gasteiger partial charge in [0.2, 0.25) is 17.9 Å². The highest BCUT2D eigenvalue weighted by atomic mass is 16.7. The van der Waals surface area contributed by atoms with E-state index in [-0.39, 0.29) is 17.1 Å². The van der Waals surface area contributed by atoms with Crippen LogP contribution in [0.15, 0.2) is 33.5 Å². The second-order valence-corrected chi connectivity index (χ2v) is 8.84. The summed E-state index contributed by atoms with van der Waals surface area (Å²) in [6.07, 6.45) is -5.71. The van der Waals surface area contributed by atoms with E-state index in [9.17, 15) is 29.7 Å². The van der Waals surface area contributed by atoms with Crippen LogP contribution in [0.25, 0.3) is 11.0 Å². The van der Waals surface area contributed by atoms with Crippen molar-refractivity contribution in [1.29, 1.82) is 0 Å². The number of carbonyl (C=O) groups is 2. The second-order valence-electron chi connectivity index (χ2n) is 8.84. The van der Waals surface area contributed by atoms with Gasteiger partial charge in [-0.25, -0.2) is 4.79 Å². The quantitative estimate of drug-likeness (QED) is 0.359. The molecular formula is C22H27NO10. The Bertz CT molecular complexity index is 1090. The van der Waals surface area contributed by atoms with E-state index >= 15 is 0 Å². The van der Waals surface area contributed by atoms with Crippen molar-refractivity contribution in [2.24, 2.45) is 5.41 Å². The Morgan fingerprint density at radius 2 is 1.85 bits per heavy atom. The molecule has 0 saturated carbocycles. The van der Waals surface area contributed by atoms with Gasteiger partial charge in [0.25, 0.3) is 0 Å². The summed E-state index contributed by atoms with van der Waals surface area (Å²) in [4.78, 5) is 36.1. The Hall–Kier alpha value is -3.15. The van der Waals surface area contributed by atoms with Crippen molar-refractivity contribution in [1.82, 2.24) is 5.32 Å². The molecule has 1 aromatic carbocycles. The minimum atomic E-state index is -1.56. The van der Waals surface area contributed by atoms with Gasteiger partial charge in [0.15, 0.2) is 0 Å². The lowest BCUT2D eigenvalue weighted by molar-refractivity contribution is -0.247. The number of benzene rings is 1. The largest absolute Gasteiger partial charge is 0.508 e. The van der Waals surface area contributed by atoms with Crippen molar-refractivity contribution < 1.29 is 43.5 Å². The zero-order valence-corrected chi connectivity index (χ0v) is 18.6. The number of aliphatic hydroxyl groups excluding tert-OH is 2. The van der Waals surface area contributed by atoms with Crippen molar-refractivity contribution >= 4 is 22.8 Å². The van der Waals surface area contributed by atoms with Gasteiger partial charge >= 0.3 is 11.6 Å². The van der Waals surface area contributed by atoms with Crippen LogP contribution >= 0.6 is 0 Å². The van der Waals surface area contributed by atoms with E-state index in [1.165, 1.54) is 31.2 Å². The SMILES string of the molecule is CC(=O)N[C@H]1C(Oc2cc3ccc(O)cc3oc2=O)O[C@H](COC(=O)C(C)(C)C)[C@@H](O)[C@@H]1O. The van der Waals surface area contributed by atoms with Gasteiger partial charge < -0.3 is 39.3 Å². The van der Waals surface area contributed by atoms with Gasteiger partial charge in [-0.3, -0.25) is 9.59 Å². The van der Waals surface area contributed by atoms with Crippen LogP contribution in [0.1, 0.15) is 27.7 Å². The summed E-state index contributed by atoms with van der Waals surface area (Å²) >= 11 is 0. The molecule has 180 valence electrons. The monoisotopic (exact) mass is 465 g/mol. The molecule has 0 bridgehead atoms. The van der Waals surface area contributed by atoms with Gasteiger partial charge in [-0.05, 0) is 39.0 Å². The summed E-state index contributed by atoms with van der Waals surface area (Å²) in [5.41, 5.74) is -1.57. The van der Waals surface area contributed by atoms with Gasteiger partial charge in [-0.1, -0.05) is 0 Å². The maximum atomic E-state index is 12.4. The molecular weight excluding hydrogens is 438 g/mol. The molecule has 1 aromatic heterocycles. The molecule has 4 N–H and O–H groups in total. The number of hydrogen-bond acceptors (Lipinski definition) is 10. The number of hydrogen-bond donors (Lipinski definition) is 4. The molecule has 1 amide bonds. The molecule has 5 atom stereocenters. The van der Waals surface area contributed by atoms with Gasteiger partial charge in [-0.2, -0.15) is 0 Å². The lowest BCUT2D eigenvalue weighted by Gasteiger charge is -2.42. The van der Waals surface area contributed by atoms with Crippen LogP contribution < -0.4 is 15.7 Å². The van der Waals surface area contributed by atoms with Crippen molar-refractivity contribution in [2.75, 3.05) is 6.61 Å². The molecule has 1 aliphatic heterocycles. The Balaban J connectivity index is 1.87. The number of nitrogens with one attached hydrogen (secondary N) is 1. The lowest BCUT2D eigenvalue weighted by atomic mass is 9.96. The maximum absolute atomic E-state index is 12.4. The van der Waals surface area contributed by atoms with Crippen molar-refractivity contribution in [3.8, 4) is 11.5 Å². The number of carbonyl (C=O) groups excluding carboxylic acids is 2. The average Bonchev–Trinajstić information content (AvgIpc) is 2.71. The van der Waals surface area contributed by atoms with Crippen molar-refractivity contribution in [3.63, 3.8) is 0 Å². The first kappa shape index (κ1) is 24.5. The minimum Gasteiger partial charge on any atom is -0.508 e. The Morgan fingerprint density at radius 1 is 1.15 bits per heavy atom. The zero-order valence-electron chi connectivity index (χ0n) is 18.6. The maximum Gasteiger partial charge on any atom is 0.379 e. The normalized spacial score (nSPS) is 25.5. The molecule has 1 unspecified atom stereocenters. The highest BCUT2D eigenvalue weighted by Gasteiger charge is 2.47. The lowest BCUT2D eigenvalue weighted by Crippen LogP contribution is -2.65. The van der Waals surface area contributed by atoms with Crippen molar-refractivity contribution in [3.05, 3.63) is 34.7 Å². The van der Waals surface area contributed by atoms with Crippen LogP contribution in [0.3, 0.4) is 0 Å². The number of rotatable bonds is 5. The molecule has 3 rings (SSSR count). The fraction of sp³-hybridized carbons (Fsp3) is 0.500. The third-order valence-corrected chi connectivity index (χ3v) is 4.99. The van der Waals surface area contributed by atoms with Crippen LogP contribution in [0.4, 0.5) is 0 Å². The zero-order chi connectivity index (χ0) is 24.5. The number of ether oxygens (including phenoxy) is 3. The van der Waals surface area contributed by atoms with Gasteiger partial charge in [-0.15, -0.1) is 0 Å². The molecule has 0 radical (unpaired) electrons.